The quantitative estimate of drug-likeness (QED) is 0.872. The molecule has 7 heteroatoms. The first-order valence-electron chi connectivity index (χ1n) is 7.45. The molecule has 2 aromatic rings. The summed E-state index contributed by atoms with van der Waals surface area (Å²) in [6, 6.07) is 9.65. The Morgan fingerprint density at radius 3 is 2.39 bits per heavy atom. The van der Waals surface area contributed by atoms with Gasteiger partial charge < -0.3 is 24.8 Å². The fourth-order valence-corrected chi connectivity index (χ4v) is 2.36. The number of methoxy groups -OCH3 is 2. The van der Waals surface area contributed by atoms with E-state index in [0.717, 1.165) is 30.9 Å². The van der Waals surface area contributed by atoms with Gasteiger partial charge in [-0.05, 0) is 17.7 Å². The SMILES string of the molecule is COc1cc(OC)nc(Nc2ccc([C@@H]3CNCCO3)cc2)n1. The lowest BCUT2D eigenvalue weighted by atomic mass is 10.1. The third kappa shape index (κ3) is 3.88. The van der Waals surface area contributed by atoms with Crippen LogP contribution in [-0.4, -0.2) is 43.9 Å². The van der Waals surface area contributed by atoms with Crippen molar-refractivity contribution in [1.29, 1.82) is 0 Å². The van der Waals surface area contributed by atoms with E-state index >= 15 is 0 Å². The van der Waals surface area contributed by atoms with Crippen molar-refractivity contribution in [3.05, 3.63) is 35.9 Å². The van der Waals surface area contributed by atoms with Gasteiger partial charge in [-0.1, -0.05) is 12.1 Å². The van der Waals surface area contributed by atoms with Gasteiger partial charge in [0.1, 0.15) is 0 Å². The maximum absolute atomic E-state index is 5.74. The maximum atomic E-state index is 5.74. The number of benzene rings is 1. The fraction of sp³-hybridized carbons (Fsp3) is 0.375. The van der Waals surface area contributed by atoms with Gasteiger partial charge in [-0.3, -0.25) is 0 Å². The Morgan fingerprint density at radius 1 is 1.13 bits per heavy atom. The Balaban J connectivity index is 1.72. The topological polar surface area (TPSA) is 77.5 Å². The van der Waals surface area contributed by atoms with Crippen molar-refractivity contribution < 1.29 is 14.2 Å². The second-order valence-electron chi connectivity index (χ2n) is 5.09. The predicted molar refractivity (Wildman–Crippen MR) is 86.4 cm³/mol. The number of rotatable bonds is 5. The summed E-state index contributed by atoms with van der Waals surface area (Å²) in [5.74, 6) is 1.31. The molecule has 1 saturated heterocycles. The van der Waals surface area contributed by atoms with Crippen LogP contribution in [0.2, 0.25) is 0 Å². The molecular formula is C16H20N4O3. The molecule has 0 spiro atoms. The molecule has 122 valence electrons. The van der Waals surface area contributed by atoms with Crippen LogP contribution in [0.1, 0.15) is 11.7 Å². The minimum atomic E-state index is 0.103. The summed E-state index contributed by atoms with van der Waals surface area (Å²) in [6.45, 7) is 2.48. The second kappa shape index (κ2) is 7.26. The molecule has 0 saturated carbocycles. The maximum Gasteiger partial charge on any atom is 0.233 e. The van der Waals surface area contributed by atoms with E-state index < -0.39 is 0 Å². The van der Waals surface area contributed by atoms with Crippen LogP contribution in [-0.2, 0) is 4.74 Å². The van der Waals surface area contributed by atoms with Crippen molar-refractivity contribution in [3.8, 4) is 11.8 Å². The van der Waals surface area contributed by atoms with E-state index in [9.17, 15) is 0 Å². The molecule has 0 bridgehead atoms. The predicted octanol–water partition coefficient (Wildman–Crippen LogP) is 1.90. The number of hydrogen-bond donors (Lipinski definition) is 2. The molecule has 2 heterocycles. The van der Waals surface area contributed by atoms with Gasteiger partial charge in [0.15, 0.2) is 0 Å². The van der Waals surface area contributed by atoms with Crippen LogP contribution >= 0.6 is 0 Å². The monoisotopic (exact) mass is 316 g/mol. The number of morpholine rings is 1. The summed E-state index contributed by atoms with van der Waals surface area (Å²) >= 11 is 0. The number of aromatic nitrogens is 2. The molecule has 1 fully saturated rings. The molecule has 0 unspecified atom stereocenters. The molecule has 1 aromatic heterocycles. The molecule has 23 heavy (non-hydrogen) atoms. The molecule has 1 atom stereocenters. The van der Waals surface area contributed by atoms with Crippen molar-refractivity contribution >= 4 is 11.6 Å². The number of hydrogen-bond acceptors (Lipinski definition) is 7. The minimum absolute atomic E-state index is 0.103. The normalized spacial score (nSPS) is 17.6. The first-order valence-corrected chi connectivity index (χ1v) is 7.45. The van der Waals surface area contributed by atoms with Gasteiger partial charge in [-0.15, -0.1) is 0 Å². The first kappa shape index (κ1) is 15.5. The van der Waals surface area contributed by atoms with Crippen LogP contribution in [0.5, 0.6) is 11.8 Å². The smallest absolute Gasteiger partial charge is 0.233 e. The number of ether oxygens (including phenoxy) is 3. The van der Waals surface area contributed by atoms with Gasteiger partial charge in [0.2, 0.25) is 17.7 Å². The van der Waals surface area contributed by atoms with Crippen LogP contribution in [0, 0.1) is 0 Å². The molecule has 3 rings (SSSR count). The standard InChI is InChI=1S/C16H20N4O3/c1-21-14-9-15(22-2)20-16(19-14)18-12-5-3-11(4-6-12)13-10-17-7-8-23-13/h3-6,9,13,17H,7-8,10H2,1-2H3,(H,18,19,20)/t13-/m0/s1. The Kier molecular flexibility index (Phi) is 4.89. The summed E-state index contributed by atoms with van der Waals surface area (Å²) in [5.41, 5.74) is 2.03. The van der Waals surface area contributed by atoms with E-state index in [2.05, 4.69) is 20.6 Å². The molecule has 1 aromatic carbocycles. The Morgan fingerprint density at radius 2 is 1.83 bits per heavy atom. The Hall–Kier alpha value is -2.38. The molecule has 2 N–H and O–H groups in total. The van der Waals surface area contributed by atoms with Crippen LogP contribution in [0.4, 0.5) is 11.6 Å². The summed E-state index contributed by atoms with van der Waals surface area (Å²) in [7, 11) is 3.11. The summed E-state index contributed by atoms with van der Waals surface area (Å²) in [5, 5.41) is 6.47. The molecule has 0 radical (unpaired) electrons. The highest BCUT2D eigenvalue weighted by atomic mass is 16.5. The fourth-order valence-electron chi connectivity index (χ4n) is 2.36. The summed E-state index contributed by atoms with van der Waals surface area (Å²) in [4.78, 5) is 8.50. The Bertz CT molecular complexity index is 620. The summed E-state index contributed by atoms with van der Waals surface area (Å²) < 4.78 is 16.0. The third-order valence-electron chi connectivity index (χ3n) is 3.56. The van der Waals surface area contributed by atoms with Gasteiger partial charge in [0.25, 0.3) is 0 Å². The minimum Gasteiger partial charge on any atom is -0.481 e. The van der Waals surface area contributed by atoms with Gasteiger partial charge in [0.05, 0.1) is 33.0 Å². The number of anilines is 2. The molecule has 1 aliphatic rings. The average molecular weight is 316 g/mol. The highest BCUT2D eigenvalue weighted by molar-refractivity contribution is 5.54. The van der Waals surface area contributed by atoms with E-state index in [4.69, 9.17) is 14.2 Å². The molecule has 1 aliphatic heterocycles. The van der Waals surface area contributed by atoms with Crippen LogP contribution < -0.4 is 20.1 Å². The lowest BCUT2D eigenvalue weighted by Crippen LogP contribution is -2.33. The zero-order valence-electron chi connectivity index (χ0n) is 13.2. The van der Waals surface area contributed by atoms with Crippen LogP contribution in [0.15, 0.2) is 30.3 Å². The largest absolute Gasteiger partial charge is 0.481 e. The van der Waals surface area contributed by atoms with E-state index in [-0.39, 0.29) is 6.10 Å². The molecule has 0 amide bonds. The number of nitrogens with one attached hydrogen (secondary N) is 2. The molecule has 7 nitrogen and oxygen atoms in total. The van der Waals surface area contributed by atoms with Gasteiger partial charge in [-0.25, -0.2) is 0 Å². The van der Waals surface area contributed by atoms with Crippen molar-refractivity contribution in [2.75, 3.05) is 39.2 Å². The van der Waals surface area contributed by atoms with Crippen molar-refractivity contribution in [2.24, 2.45) is 0 Å². The second-order valence-corrected chi connectivity index (χ2v) is 5.09. The Labute approximate surface area is 135 Å². The number of nitrogens with zero attached hydrogens (tertiary/aromatic N) is 2. The lowest BCUT2D eigenvalue weighted by Gasteiger charge is -2.24. The third-order valence-corrected chi connectivity index (χ3v) is 3.56. The van der Waals surface area contributed by atoms with E-state index in [0.29, 0.717) is 17.7 Å². The first-order chi connectivity index (χ1) is 11.3. The van der Waals surface area contributed by atoms with Gasteiger partial charge in [0, 0.05) is 18.8 Å². The van der Waals surface area contributed by atoms with Gasteiger partial charge >= 0.3 is 0 Å². The van der Waals surface area contributed by atoms with E-state index in [1.165, 1.54) is 0 Å². The average Bonchev–Trinajstić information content (AvgIpc) is 2.62. The van der Waals surface area contributed by atoms with Crippen LogP contribution in [0.3, 0.4) is 0 Å². The summed E-state index contributed by atoms with van der Waals surface area (Å²) in [6.07, 6.45) is 0.103. The zero-order valence-corrected chi connectivity index (χ0v) is 13.2. The van der Waals surface area contributed by atoms with E-state index in [1.807, 2.05) is 24.3 Å². The highest BCUT2D eigenvalue weighted by Gasteiger charge is 2.15. The highest BCUT2D eigenvalue weighted by Crippen LogP contribution is 2.23. The van der Waals surface area contributed by atoms with Crippen molar-refractivity contribution in [3.63, 3.8) is 0 Å². The van der Waals surface area contributed by atoms with Crippen molar-refractivity contribution in [2.45, 2.75) is 6.10 Å². The van der Waals surface area contributed by atoms with Gasteiger partial charge in [-0.2, -0.15) is 9.97 Å². The van der Waals surface area contributed by atoms with Crippen LogP contribution in [0.25, 0.3) is 0 Å². The molecule has 0 aliphatic carbocycles. The zero-order chi connectivity index (χ0) is 16.1. The lowest BCUT2D eigenvalue weighted by molar-refractivity contribution is 0.0277. The molecular weight excluding hydrogens is 296 g/mol. The van der Waals surface area contributed by atoms with E-state index in [1.54, 1.807) is 20.3 Å². The van der Waals surface area contributed by atoms with Crippen molar-refractivity contribution in [1.82, 2.24) is 15.3 Å².